The van der Waals surface area contributed by atoms with Gasteiger partial charge in [-0.05, 0) is 19.1 Å². The SMILES string of the molecule is COc1cc2oc(C)c(C(=O)N3CCOCC3)c2cc1OCc1oc2cc(OC)c(OS(=O)(=O)[O-])cc2c1C(=O)N1CCOCC1.[Na+]. The second kappa shape index (κ2) is 14.3. The quantitative estimate of drug-likeness (QED) is 0.130. The van der Waals surface area contributed by atoms with Crippen LogP contribution in [0.2, 0.25) is 0 Å². The van der Waals surface area contributed by atoms with Gasteiger partial charge in [0.1, 0.15) is 23.5 Å². The number of ether oxygens (including phenoxy) is 5. The third kappa shape index (κ3) is 7.18. The van der Waals surface area contributed by atoms with Crippen LogP contribution in [0.15, 0.2) is 33.1 Å². The third-order valence-electron chi connectivity index (χ3n) is 7.77. The molecular weight excluding hydrogens is 651 g/mol. The summed E-state index contributed by atoms with van der Waals surface area (Å²) < 4.78 is 78.6. The number of aryl methyl sites for hydroxylation is 1. The van der Waals surface area contributed by atoms with Crippen LogP contribution in [0.1, 0.15) is 32.2 Å². The van der Waals surface area contributed by atoms with Crippen LogP contribution < -0.4 is 48.0 Å². The van der Waals surface area contributed by atoms with Gasteiger partial charge in [-0.25, -0.2) is 8.42 Å². The van der Waals surface area contributed by atoms with Crippen molar-refractivity contribution in [3.05, 3.63) is 46.9 Å². The smallest absolute Gasteiger partial charge is 0.716 e. The topological polar surface area (TPSA) is 179 Å². The molecule has 2 amide bonds. The van der Waals surface area contributed by atoms with Gasteiger partial charge in [-0.3, -0.25) is 9.59 Å². The van der Waals surface area contributed by atoms with E-state index < -0.39 is 22.1 Å². The number of fused-ring (bicyclic) bond motifs is 2. The normalized spacial score (nSPS) is 15.4. The van der Waals surface area contributed by atoms with Crippen LogP contribution in [0.3, 0.4) is 0 Å². The number of carbonyl (C=O) groups excluding carboxylic acids is 2. The second-order valence-corrected chi connectivity index (χ2v) is 11.5. The molecule has 2 saturated heterocycles. The van der Waals surface area contributed by atoms with E-state index in [0.29, 0.717) is 80.6 Å². The number of carbonyl (C=O) groups is 2. The van der Waals surface area contributed by atoms with Crippen molar-refractivity contribution in [1.82, 2.24) is 9.80 Å². The molecule has 6 rings (SSSR count). The van der Waals surface area contributed by atoms with Gasteiger partial charge in [0.25, 0.3) is 22.2 Å². The minimum absolute atomic E-state index is 0. The van der Waals surface area contributed by atoms with Crippen LogP contribution in [0.25, 0.3) is 21.9 Å². The van der Waals surface area contributed by atoms with E-state index in [9.17, 15) is 22.6 Å². The molecular formula is C30H31N2NaO13S. The predicted molar refractivity (Wildman–Crippen MR) is 158 cm³/mol. The molecule has 2 aliphatic rings. The van der Waals surface area contributed by atoms with Crippen LogP contribution in [0, 0.1) is 6.92 Å². The van der Waals surface area contributed by atoms with Crippen LogP contribution in [0.5, 0.6) is 23.0 Å². The molecule has 4 aromatic rings. The first-order valence-corrected chi connectivity index (χ1v) is 15.7. The Hall–Kier alpha value is -3.51. The van der Waals surface area contributed by atoms with Crippen molar-refractivity contribution in [2.24, 2.45) is 0 Å². The molecule has 17 heteroatoms. The summed E-state index contributed by atoms with van der Waals surface area (Å²) in [6.45, 7) is 4.51. The van der Waals surface area contributed by atoms with E-state index in [0.717, 1.165) is 0 Å². The summed E-state index contributed by atoms with van der Waals surface area (Å²) in [5.74, 6) is -0.0313. The molecule has 2 fully saturated rings. The number of rotatable bonds is 9. The first-order valence-electron chi connectivity index (χ1n) is 14.3. The van der Waals surface area contributed by atoms with Gasteiger partial charge >= 0.3 is 29.6 Å². The fraction of sp³-hybridized carbons (Fsp3) is 0.400. The second-order valence-electron chi connectivity index (χ2n) is 10.5. The van der Waals surface area contributed by atoms with E-state index in [1.807, 2.05) is 0 Å². The molecule has 2 aliphatic heterocycles. The Morgan fingerprint density at radius 2 is 1.26 bits per heavy atom. The average molecular weight is 683 g/mol. The Morgan fingerprint density at radius 3 is 1.81 bits per heavy atom. The van der Waals surface area contributed by atoms with Gasteiger partial charge in [0.05, 0.1) is 51.8 Å². The summed E-state index contributed by atoms with van der Waals surface area (Å²) in [5.41, 5.74) is 1.06. The summed E-state index contributed by atoms with van der Waals surface area (Å²) in [6.07, 6.45) is 0. The van der Waals surface area contributed by atoms with Crippen molar-refractivity contribution in [3.63, 3.8) is 0 Å². The van der Waals surface area contributed by atoms with Gasteiger partial charge < -0.3 is 51.1 Å². The van der Waals surface area contributed by atoms with E-state index in [-0.39, 0.29) is 75.9 Å². The van der Waals surface area contributed by atoms with Crippen molar-refractivity contribution in [3.8, 4) is 23.0 Å². The molecule has 0 bridgehead atoms. The first kappa shape index (κ1) is 34.8. The minimum atomic E-state index is -5.16. The molecule has 0 spiro atoms. The molecule has 0 atom stereocenters. The number of furan rings is 2. The van der Waals surface area contributed by atoms with Gasteiger partial charge in [0.15, 0.2) is 28.8 Å². The number of nitrogens with zero attached hydrogens (tertiary/aromatic N) is 2. The molecule has 0 N–H and O–H groups in total. The number of hydrogen-bond donors (Lipinski definition) is 0. The molecule has 0 aliphatic carbocycles. The zero-order valence-corrected chi connectivity index (χ0v) is 29.1. The van der Waals surface area contributed by atoms with E-state index >= 15 is 0 Å². The molecule has 0 saturated carbocycles. The number of amides is 2. The molecule has 4 heterocycles. The zero-order chi connectivity index (χ0) is 32.6. The van der Waals surface area contributed by atoms with E-state index in [1.165, 1.54) is 26.4 Å². The van der Waals surface area contributed by atoms with Gasteiger partial charge in [-0.1, -0.05) is 0 Å². The molecule has 2 aromatic carbocycles. The molecule has 0 unspecified atom stereocenters. The summed E-state index contributed by atoms with van der Waals surface area (Å²) in [7, 11) is -2.45. The van der Waals surface area contributed by atoms with Gasteiger partial charge in [-0.15, -0.1) is 0 Å². The molecule has 0 radical (unpaired) electrons. The number of morpholine rings is 2. The van der Waals surface area contributed by atoms with Crippen LogP contribution in [-0.4, -0.2) is 101 Å². The van der Waals surface area contributed by atoms with E-state index in [2.05, 4.69) is 4.18 Å². The van der Waals surface area contributed by atoms with Gasteiger partial charge in [0, 0.05) is 49.1 Å². The zero-order valence-electron chi connectivity index (χ0n) is 26.3. The monoisotopic (exact) mass is 682 g/mol. The maximum atomic E-state index is 13.8. The molecule has 47 heavy (non-hydrogen) atoms. The van der Waals surface area contributed by atoms with Crippen molar-refractivity contribution < 1.29 is 88.8 Å². The maximum Gasteiger partial charge on any atom is 1.00 e. The third-order valence-corrected chi connectivity index (χ3v) is 8.16. The van der Waals surface area contributed by atoms with Crippen molar-refractivity contribution in [1.29, 1.82) is 0 Å². The summed E-state index contributed by atoms with van der Waals surface area (Å²) in [5, 5.41) is 0.699. The summed E-state index contributed by atoms with van der Waals surface area (Å²) in [6, 6.07) is 5.77. The van der Waals surface area contributed by atoms with Crippen molar-refractivity contribution in [2.45, 2.75) is 13.5 Å². The number of hydrogen-bond acceptors (Lipinski definition) is 13. The van der Waals surface area contributed by atoms with Crippen LogP contribution in [0.4, 0.5) is 0 Å². The summed E-state index contributed by atoms with van der Waals surface area (Å²) >= 11 is 0. The molecule has 2 aromatic heterocycles. The Balaban J connectivity index is 0.00000433. The fourth-order valence-electron chi connectivity index (χ4n) is 5.58. The standard InChI is InChI=1S/C30H32N2O13S.Na/c1-17-27(29(33)31-4-8-40-9-5-31)18-12-24(22(38-2)14-20(18)43-17)42-16-26-28(30(34)32-6-10-41-11-7-32)19-13-25(45-46(35,36)37)23(39-3)15-21(19)44-26;/h12-15H,4-11,16H2,1-3H3,(H,35,36,37);/q;+1/p-1. The molecule has 246 valence electrons. The number of methoxy groups -OCH3 is 2. The minimum Gasteiger partial charge on any atom is -0.716 e. The Bertz CT molecular complexity index is 1910. The fourth-order valence-corrected chi connectivity index (χ4v) is 5.93. The Morgan fingerprint density at radius 1 is 0.766 bits per heavy atom. The summed E-state index contributed by atoms with van der Waals surface area (Å²) in [4.78, 5) is 30.6. The van der Waals surface area contributed by atoms with Gasteiger partial charge in [0.2, 0.25) is 0 Å². The molecule has 15 nitrogen and oxygen atoms in total. The van der Waals surface area contributed by atoms with Gasteiger partial charge in [-0.2, -0.15) is 0 Å². The van der Waals surface area contributed by atoms with E-state index in [1.54, 1.807) is 28.9 Å². The largest absolute Gasteiger partial charge is 1.00 e. The average Bonchev–Trinajstić information content (AvgIpc) is 3.57. The van der Waals surface area contributed by atoms with Crippen LogP contribution >= 0.6 is 0 Å². The Labute approximate surface area is 291 Å². The van der Waals surface area contributed by atoms with E-state index in [4.69, 9.17) is 32.5 Å². The number of benzene rings is 2. The maximum absolute atomic E-state index is 13.8. The first-order chi connectivity index (χ1) is 22.1. The van der Waals surface area contributed by atoms with Crippen molar-refractivity contribution >= 4 is 44.2 Å². The van der Waals surface area contributed by atoms with Crippen LogP contribution in [-0.2, 0) is 26.5 Å². The van der Waals surface area contributed by atoms with Crippen molar-refractivity contribution in [2.75, 3.05) is 66.8 Å². The Kier molecular flexibility index (Phi) is 10.6. The predicted octanol–water partition coefficient (Wildman–Crippen LogP) is -0.129.